The second kappa shape index (κ2) is 5.17. The number of benzene rings is 1. The molecule has 1 aromatic heterocycles. The largest absolute Gasteiger partial charge is 0.330 e. The molecule has 3 heteroatoms. The number of aromatic nitrogens is 2. The maximum Gasteiger partial charge on any atom is 0.123 e. The fraction of sp³-hybridized carbons (Fsp3) is 0.438. The van der Waals surface area contributed by atoms with E-state index < -0.39 is 0 Å². The van der Waals surface area contributed by atoms with E-state index in [0.717, 1.165) is 18.1 Å². The van der Waals surface area contributed by atoms with Crippen LogP contribution < -0.4 is 5.32 Å². The Bertz CT molecular complexity index is 609. The van der Waals surface area contributed by atoms with Crippen LogP contribution in [0.15, 0.2) is 12.1 Å². The highest BCUT2D eigenvalue weighted by atomic mass is 15.1. The first-order valence-electron chi connectivity index (χ1n) is 6.70. The highest BCUT2D eigenvalue weighted by molar-refractivity contribution is 5.68. The van der Waals surface area contributed by atoms with Gasteiger partial charge in [-0.15, -0.1) is 0 Å². The molecule has 0 aliphatic heterocycles. The SMILES string of the molecule is CNCc1nc(C)c(-c2cc(C)c(C)cc2C)n1C. The second-order valence-electron chi connectivity index (χ2n) is 5.30. The topological polar surface area (TPSA) is 29.9 Å². The number of aryl methyl sites for hydroxylation is 4. The molecule has 0 aliphatic carbocycles. The predicted octanol–water partition coefficient (Wildman–Crippen LogP) is 3.04. The van der Waals surface area contributed by atoms with Crippen molar-refractivity contribution in [1.29, 1.82) is 0 Å². The maximum absolute atomic E-state index is 4.67. The molecule has 0 saturated heterocycles. The molecule has 102 valence electrons. The molecule has 0 bridgehead atoms. The quantitative estimate of drug-likeness (QED) is 0.916. The monoisotopic (exact) mass is 257 g/mol. The zero-order valence-electron chi connectivity index (χ0n) is 12.8. The van der Waals surface area contributed by atoms with Crippen molar-refractivity contribution in [3.05, 3.63) is 40.3 Å². The van der Waals surface area contributed by atoms with Crippen LogP contribution in [0.4, 0.5) is 0 Å². The molecular formula is C16H23N3. The summed E-state index contributed by atoms with van der Waals surface area (Å²) in [5.74, 6) is 1.08. The average Bonchev–Trinajstić information content (AvgIpc) is 2.61. The summed E-state index contributed by atoms with van der Waals surface area (Å²) in [4.78, 5) is 4.67. The fourth-order valence-electron chi connectivity index (χ4n) is 2.60. The van der Waals surface area contributed by atoms with Crippen LogP contribution in [0.25, 0.3) is 11.3 Å². The van der Waals surface area contributed by atoms with Crippen LogP contribution in [0.3, 0.4) is 0 Å². The minimum absolute atomic E-state index is 0.793. The molecule has 0 amide bonds. The van der Waals surface area contributed by atoms with E-state index in [2.05, 4.69) is 61.7 Å². The molecule has 3 nitrogen and oxygen atoms in total. The Balaban J connectivity index is 2.62. The Morgan fingerprint density at radius 3 is 2.32 bits per heavy atom. The lowest BCUT2D eigenvalue weighted by molar-refractivity contribution is 0.711. The molecule has 0 spiro atoms. The number of nitrogens with one attached hydrogen (secondary N) is 1. The van der Waals surface area contributed by atoms with E-state index >= 15 is 0 Å². The van der Waals surface area contributed by atoms with Crippen molar-refractivity contribution in [1.82, 2.24) is 14.9 Å². The van der Waals surface area contributed by atoms with Gasteiger partial charge in [0.15, 0.2) is 0 Å². The summed E-state index contributed by atoms with van der Waals surface area (Å²) in [5.41, 5.74) is 7.60. The molecule has 1 heterocycles. The van der Waals surface area contributed by atoms with Crippen molar-refractivity contribution < 1.29 is 0 Å². The van der Waals surface area contributed by atoms with E-state index in [1.807, 2.05) is 7.05 Å². The van der Waals surface area contributed by atoms with E-state index in [9.17, 15) is 0 Å². The van der Waals surface area contributed by atoms with Gasteiger partial charge in [0.25, 0.3) is 0 Å². The Hall–Kier alpha value is -1.61. The normalized spacial score (nSPS) is 11.1. The maximum atomic E-state index is 4.67. The molecule has 2 aromatic rings. The van der Waals surface area contributed by atoms with Crippen LogP contribution in [0.5, 0.6) is 0 Å². The summed E-state index contributed by atoms with van der Waals surface area (Å²) in [6.07, 6.45) is 0. The molecule has 19 heavy (non-hydrogen) atoms. The van der Waals surface area contributed by atoms with Gasteiger partial charge in [-0.3, -0.25) is 0 Å². The average molecular weight is 257 g/mol. The van der Waals surface area contributed by atoms with Gasteiger partial charge in [-0.1, -0.05) is 6.07 Å². The van der Waals surface area contributed by atoms with Crippen molar-refractivity contribution in [2.24, 2.45) is 7.05 Å². The summed E-state index contributed by atoms with van der Waals surface area (Å²) in [6.45, 7) is 9.38. The summed E-state index contributed by atoms with van der Waals surface area (Å²) >= 11 is 0. The van der Waals surface area contributed by atoms with Gasteiger partial charge in [-0.2, -0.15) is 0 Å². The molecular weight excluding hydrogens is 234 g/mol. The number of nitrogens with zero attached hydrogens (tertiary/aromatic N) is 2. The van der Waals surface area contributed by atoms with Gasteiger partial charge in [0.2, 0.25) is 0 Å². The lowest BCUT2D eigenvalue weighted by atomic mass is 9.98. The highest BCUT2D eigenvalue weighted by Crippen LogP contribution is 2.29. The van der Waals surface area contributed by atoms with Crippen LogP contribution in [-0.4, -0.2) is 16.6 Å². The van der Waals surface area contributed by atoms with Gasteiger partial charge in [0, 0.05) is 12.6 Å². The van der Waals surface area contributed by atoms with Crippen LogP contribution in [-0.2, 0) is 13.6 Å². The Labute approximate surface area is 115 Å². The lowest BCUT2D eigenvalue weighted by Gasteiger charge is -2.12. The number of rotatable bonds is 3. The van der Waals surface area contributed by atoms with E-state index in [0.29, 0.717) is 0 Å². The smallest absolute Gasteiger partial charge is 0.123 e. The Morgan fingerprint density at radius 1 is 1.05 bits per heavy atom. The molecule has 0 radical (unpaired) electrons. The zero-order chi connectivity index (χ0) is 14.2. The second-order valence-corrected chi connectivity index (χ2v) is 5.30. The van der Waals surface area contributed by atoms with E-state index in [1.54, 1.807) is 0 Å². The molecule has 1 N–H and O–H groups in total. The Morgan fingerprint density at radius 2 is 1.68 bits per heavy atom. The molecule has 1 aromatic carbocycles. The first-order valence-corrected chi connectivity index (χ1v) is 6.70. The highest BCUT2D eigenvalue weighted by Gasteiger charge is 2.15. The molecule has 0 saturated carbocycles. The fourth-order valence-corrected chi connectivity index (χ4v) is 2.60. The predicted molar refractivity (Wildman–Crippen MR) is 80.4 cm³/mol. The minimum Gasteiger partial charge on any atom is -0.330 e. The Kier molecular flexibility index (Phi) is 3.76. The third-order valence-electron chi connectivity index (χ3n) is 3.79. The van der Waals surface area contributed by atoms with Crippen LogP contribution in [0.2, 0.25) is 0 Å². The summed E-state index contributed by atoms with van der Waals surface area (Å²) < 4.78 is 2.20. The van der Waals surface area contributed by atoms with Crippen LogP contribution in [0.1, 0.15) is 28.2 Å². The standard InChI is InChI=1S/C16H23N3/c1-10-7-12(3)14(8-11(10)2)16-13(4)18-15(9-17-5)19(16)6/h7-8,17H,9H2,1-6H3. The first-order chi connectivity index (χ1) is 8.95. The van der Waals surface area contributed by atoms with E-state index in [1.165, 1.54) is 27.9 Å². The van der Waals surface area contributed by atoms with Crippen molar-refractivity contribution in [2.75, 3.05) is 7.05 Å². The minimum atomic E-state index is 0.793. The number of imidazole rings is 1. The first kappa shape index (κ1) is 13.8. The molecule has 0 unspecified atom stereocenters. The van der Waals surface area contributed by atoms with E-state index in [4.69, 9.17) is 0 Å². The van der Waals surface area contributed by atoms with Gasteiger partial charge in [0.1, 0.15) is 5.82 Å². The zero-order valence-corrected chi connectivity index (χ0v) is 12.8. The third-order valence-corrected chi connectivity index (χ3v) is 3.79. The number of hydrogen-bond acceptors (Lipinski definition) is 2. The van der Waals surface area contributed by atoms with Gasteiger partial charge >= 0.3 is 0 Å². The molecule has 0 aliphatic rings. The van der Waals surface area contributed by atoms with Crippen LogP contribution >= 0.6 is 0 Å². The summed E-state index contributed by atoms with van der Waals surface area (Å²) in [7, 11) is 4.04. The van der Waals surface area contributed by atoms with Gasteiger partial charge in [-0.25, -0.2) is 4.98 Å². The molecule has 2 rings (SSSR count). The molecule has 0 fully saturated rings. The van der Waals surface area contributed by atoms with Crippen LogP contribution in [0, 0.1) is 27.7 Å². The summed E-state index contributed by atoms with van der Waals surface area (Å²) in [5, 5.41) is 3.17. The van der Waals surface area contributed by atoms with E-state index in [-0.39, 0.29) is 0 Å². The van der Waals surface area contributed by atoms with Crippen molar-refractivity contribution in [3.63, 3.8) is 0 Å². The van der Waals surface area contributed by atoms with Gasteiger partial charge in [0.05, 0.1) is 17.9 Å². The third kappa shape index (κ3) is 2.43. The van der Waals surface area contributed by atoms with Crippen molar-refractivity contribution in [3.8, 4) is 11.3 Å². The van der Waals surface area contributed by atoms with Gasteiger partial charge < -0.3 is 9.88 Å². The lowest BCUT2D eigenvalue weighted by Crippen LogP contribution is -2.10. The van der Waals surface area contributed by atoms with Crippen molar-refractivity contribution in [2.45, 2.75) is 34.2 Å². The van der Waals surface area contributed by atoms with Gasteiger partial charge in [-0.05, 0) is 57.5 Å². The molecule has 0 atom stereocenters. The van der Waals surface area contributed by atoms with Crippen molar-refractivity contribution >= 4 is 0 Å². The summed E-state index contributed by atoms with van der Waals surface area (Å²) in [6, 6.07) is 4.53. The number of hydrogen-bond donors (Lipinski definition) is 1.